The van der Waals surface area contributed by atoms with E-state index in [9.17, 15) is 34.8 Å². The molecule has 234 valence electrons. The first-order chi connectivity index (χ1) is 20.5. The van der Waals surface area contributed by atoms with Crippen molar-refractivity contribution in [3.05, 3.63) is 93.7 Å². The Hall–Kier alpha value is -3.70. The van der Waals surface area contributed by atoms with Gasteiger partial charge in [0.25, 0.3) is 0 Å². The van der Waals surface area contributed by atoms with Crippen LogP contribution in [0.4, 0.5) is 13.2 Å². The van der Waals surface area contributed by atoms with E-state index in [4.69, 9.17) is 33.1 Å². The highest BCUT2D eigenvalue weighted by molar-refractivity contribution is 7.90. The van der Waals surface area contributed by atoms with E-state index in [-0.39, 0.29) is 27.8 Å². The molecule has 4 aromatic rings. The lowest BCUT2D eigenvalue weighted by Crippen LogP contribution is -2.31. The van der Waals surface area contributed by atoms with Crippen molar-refractivity contribution in [2.75, 3.05) is 0 Å². The van der Waals surface area contributed by atoms with Gasteiger partial charge in [-0.05, 0) is 41.8 Å². The molecule has 1 fully saturated rings. The number of hydrogen-bond acceptors (Lipinski definition) is 7. The number of para-hydroxylation sites is 2. The van der Waals surface area contributed by atoms with Gasteiger partial charge in [-0.2, -0.15) is 13.2 Å². The van der Waals surface area contributed by atoms with Crippen LogP contribution in [-0.2, 0) is 36.1 Å². The van der Waals surface area contributed by atoms with E-state index in [2.05, 4.69) is 14.7 Å². The van der Waals surface area contributed by atoms with Gasteiger partial charge in [0.1, 0.15) is 16.0 Å². The average molecular weight is 694 g/mol. The van der Waals surface area contributed by atoms with Crippen LogP contribution in [0.25, 0.3) is 11.0 Å². The first kappa shape index (κ1) is 33.2. The zero-order valence-electron chi connectivity index (χ0n) is 22.0. The van der Waals surface area contributed by atoms with E-state index in [1.807, 2.05) is 22.9 Å². The summed E-state index contributed by atoms with van der Waals surface area (Å²) < 4.78 is 87.5. The number of alkyl halides is 3. The number of halogens is 5. The second-order valence-corrected chi connectivity index (χ2v) is 13.7. The molecule has 5 rings (SSSR count). The Kier molecular flexibility index (Phi) is 9.60. The lowest BCUT2D eigenvalue weighted by atomic mass is 10.0. The highest BCUT2D eigenvalue weighted by atomic mass is 35.5. The number of nitrogens with zero attached hydrogens (tertiary/aromatic N) is 1. The minimum Gasteiger partial charge on any atom is -0.475 e. The number of sulfonamides is 2. The van der Waals surface area contributed by atoms with E-state index >= 15 is 0 Å². The fourth-order valence-electron chi connectivity index (χ4n) is 4.27. The number of aromatic amines is 1. The molecule has 0 radical (unpaired) electrons. The molecule has 0 aliphatic carbocycles. The summed E-state index contributed by atoms with van der Waals surface area (Å²) in [6.45, 7) is 0. The number of fused-ring (bicyclic) bond motifs is 1. The van der Waals surface area contributed by atoms with E-state index in [0.29, 0.717) is 22.5 Å². The van der Waals surface area contributed by atoms with E-state index < -0.39 is 49.4 Å². The Morgan fingerprint density at radius 3 is 2.16 bits per heavy atom. The van der Waals surface area contributed by atoms with Gasteiger partial charge in [-0.25, -0.2) is 31.3 Å². The van der Waals surface area contributed by atoms with Gasteiger partial charge in [0.2, 0.25) is 26.0 Å². The number of benzene rings is 3. The molecule has 1 unspecified atom stereocenters. The number of carbonyl (C=O) groups is 2. The predicted molar refractivity (Wildman–Crippen MR) is 154 cm³/mol. The lowest BCUT2D eigenvalue weighted by Gasteiger charge is -2.19. The third-order valence-corrected chi connectivity index (χ3v) is 10.4. The molecule has 0 bridgehead atoms. The number of amides is 1. The molecule has 44 heavy (non-hydrogen) atoms. The van der Waals surface area contributed by atoms with Crippen molar-refractivity contribution < 1.29 is 44.7 Å². The minimum atomic E-state index is -5.08. The zero-order valence-corrected chi connectivity index (χ0v) is 25.1. The smallest absolute Gasteiger partial charge is 0.475 e. The summed E-state index contributed by atoms with van der Waals surface area (Å²) in [5.41, 5.74) is 2.57. The van der Waals surface area contributed by atoms with Gasteiger partial charge < -0.3 is 10.1 Å². The van der Waals surface area contributed by atoms with Crippen LogP contribution >= 0.6 is 23.2 Å². The summed E-state index contributed by atoms with van der Waals surface area (Å²) in [6, 6.07) is 17.5. The van der Waals surface area contributed by atoms with E-state index in [0.717, 1.165) is 5.52 Å². The van der Waals surface area contributed by atoms with Crippen LogP contribution < -0.4 is 9.44 Å². The SMILES string of the molecule is O=C(O)C(F)(F)F.O=C1CC(c2ccc(C[C@H](NS(=O)(=O)c3c(Cl)cccc3Cl)c3nc4ccccc4[nH]3)cc2)S(=O)(=O)N1. The van der Waals surface area contributed by atoms with Crippen LogP contribution in [0, 0.1) is 0 Å². The third kappa shape index (κ3) is 7.68. The molecule has 0 saturated carbocycles. The minimum absolute atomic E-state index is 0.0198. The third-order valence-electron chi connectivity index (χ3n) is 6.26. The van der Waals surface area contributed by atoms with Gasteiger partial charge in [0.15, 0.2) is 0 Å². The Labute approximate surface area is 258 Å². The molecular weight excluding hydrogens is 672 g/mol. The topological polar surface area (TPSA) is 175 Å². The number of H-pyrrole nitrogens is 1. The molecule has 18 heteroatoms. The second kappa shape index (κ2) is 12.7. The molecule has 1 saturated heterocycles. The van der Waals surface area contributed by atoms with Crippen LogP contribution in [0.15, 0.2) is 71.6 Å². The Balaban J connectivity index is 0.000000566. The van der Waals surface area contributed by atoms with Crippen molar-refractivity contribution in [1.29, 1.82) is 0 Å². The molecule has 2 atom stereocenters. The van der Waals surface area contributed by atoms with Gasteiger partial charge in [-0.3, -0.25) is 9.52 Å². The molecule has 0 spiro atoms. The number of carbonyl (C=O) groups excluding carboxylic acids is 1. The van der Waals surface area contributed by atoms with Crippen LogP contribution in [0.5, 0.6) is 0 Å². The quantitative estimate of drug-likeness (QED) is 0.216. The van der Waals surface area contributed by atoms with Crippen LogP contribution in [-0.4, -0.2) is 50.0 Å². The summed E-state index contributed by atoms with van der Waals surface area (Å²) in [4.78, 5) is 28.0. The average Bonchev–Trinajstić information content (AvgIpc) is 3.47. The fourth-order valence-corrected chi connectivity index (χ4v) is 8.04. The number of carboxylic acids is 1. The number of carboxylic acid groups (broad SMARTS) is 1. The maximum absolute atomic E-state index is 13.4. The van der Waals surface area contributed by atoms with Crippen LogP contribution in [0.3, 0.4) is 0 Å². The van der Waals surface area contributed by atoms with Crippen molar-refractivity contribution in [2.24, 2.45) is 0 Å². The largest absolute Gasteiger partial charge is 0.490 e. The normalized spacial score (nSPS) is 17.0. The molecule has 1 aromatic heterocycles. The monoisotopic (exact) mass is 692 g/mol. The van der Waals surface area contributed by atoms with Gasteiger partial charge in [0.05, 0.1) is 33.5 Å². The summed E-state index contributed by atoms with van der Waals surface area (Å²) in [7, 11) is -7.95. The van der Waals surface area contributed by atoms with Gasteiger partial charge in [-0.15, -0.1) is 0 Å². The first-order valence-electron chi connectivity index (χ1n) is 12.3. The van der Waals surface area contributed by atoms with Crippen molar-refractivity contribution in [1.82, 2.24) is 19.4 Å². The molecule has 3 aromatic carbocycles. The van der Waals surface area contributed by atoms with Crippen molar-refractivity contribution in [2.45, 2.75) is 35.2 Å². The number of imidazole rings is 1. The number of nitrogens with one attached hydrogen (secondary N) is 3. The number of aliphatic carboxylic acids is 1. The second-order valence-electron chi connectivity index (χ2n) is 9.38. The van der Waals surface area contributed by atoms with Crippen molar-refractivity contribution >= 4 is 66.2 Å². The highest BCUT2D eigenvalue weighted by Crippen LogP contribution is 2.33. The Bertz CT molecular complexity index is 1880. The lowest BCUT2D eigenvalue weighted by molar-refractivity contribution is -0.192. The number of rotatable bonds is 7. The van der Waals surface area contributed by atoms with E-state index in [1.54, 1.807) is 36.4 Å². The molecule has 1 amide bonds. The summed E-state index contributed by atoms with van der Waals surface area (Å²) in [5, 5.41) is 6.11. The maximum Gasteiger partial charge on any atom is 0.490 e. The summed E-state index contributed by atoms with van der Waals surface area (Å²) in [5.74, 6) is -2.93. The fraction of sp³-hybridized carbons (Fsp3) is 0.192. The molecule has 1 aliphatic heterocycles. The predicted octanol–water partition coefficient (Wildman–Crippen LogP) is 4.66. The number of aromatic nitrogens is 2. The van der Waals surface area contributed by atoms with Gasteiger partial charge in [0, 0.05) is 0 Å². The van der Waals surface area contributed by atoms with Crippen LogP contribution in [0.2, 0.25) is 10.0 Å². The zero-order chi connectivity index (χ0) is 32.4. The van der Waals surface area contributed by atoms with Crippen LogP contribution in [0.1, 0.15) is 34.7 Å². The number of hydrogen-bond donors (Lipinski definition) is 4. The molecule has 4 N–H and O–H groups in total. The van der Waals surface area contributed by atoms with Crippen molar-refractivity contribution in [3.8, 4) is 0 Å². The molecule has 1 aliphatic rings. The standard InChI is InChI=1S/C24H20Cl2N4O5S2.C2HF3O2/c25-16-4-3-5-17(26)23(16)37(34,35)29-20(24-27-18-6-1-2-7-19(18)28-24)12-14-8-10-15(11-9-14)21-13-22(31)30-36(21,32)33;3-2(4,5)1(6)7/h1-11,20-21,29H,12-13H2,(H,27,28)(H,30,31);(H,6,7)/t20-,21?;/m0./s1. The van der Waals surface area contributed by atoms with Crippen molar-refractivity contribution in [3.63, 3.8) is 0 Å². The first-order valence-corrected chi connectivity index (χ1v) is 16.1. The summed E-state index contributed by atoms with van der Waals surface area (Å²) >= 11 is 12.4. The molecule has 11 nitrogen and oxygen atoms in total. The molecule has 2 heterocycles. The Morgan fingerprint density at radius 2 is 1.64 bits per heavy atom. The van der Waals surface area contributed by atoms with E-state index in [1.165, 1.54) is 12.1 Å². The maximum atomic E-state index is 13.4. The van der Waals surface area contributed by atoms with Gasteiger partial charge in [-0.1, -0.05) is 65.7 Å². The summed E-state index contributed by atoms with van der Waals surface area (Å²) in [6.07, 6.45) is -5.06. The Morgan fingerprint density at radius 1 is 1.05 bits per heavy atom. The highest BCUT2D eigenvalue weighted by Gasteiger charge is 2.39. The van der Waals surface area contributed by atoms with Gasteiger partial charge >= 0.3 is 12.1 Å². The molecular formula is C26H21Cl2F3N4O7S2.